The minimum atomic E-state index is -0.512. The molecule has 0 atom stereocenters. The van der Waals surface area contributed by atoms with E-state index in [1.54, 1.807) is 36.4 Å². The van der Waals surface area contributed by atoms with Crippen molar-refractivity contribution < 1.29 is 19.2 Å². The van der Waals surface area contributed by atoms with Crippen LogP contribution < -0.4 is 14.9 Å². The minimum absolute atomic E-state index is 0.101. The second-order valence-electron chi connectivity index (χ2n) is 6.96. The van der Waals surface area contributed by atoms with Gasteiger partial charge in [-0.2, -0.15) is 5.10 Å². The number of benzene rings is 4. The maximum absolute atomic E-state index is 12.6. The van der Waals surface area contributed by atoms with Crippen molar-refractivity contribution in [1.29, 1.82) is 0 Å². The molecule has 8 nitrogen and oxygen atoms in total. The Morgan fingerprint density at radius 3 is 2.52 bits per heavy atom. The summed E-state index contributed by atoms with van der Waals surface area (Å²) in [4.78, 5) is 23.3. The summed E-state index contributed by atoms with van der Waals surface area (Å²) in [5.41, 5.74) is 3.55. The third kappa shape index (κ3) is 4.80. The predicted molar refractivity (Wildman–Crippen MR) is 125 cm³/mol. The van der Waals surface area contributed by atoms with E-state index in [1.165, 1.54) is 25.5 Å². The van der Waals surface area contributed by atoms with Gasteiger partial charge in [0.05, 0.1) is 18.2 Å². The molecule has 0 aliphatic carbocycles. The van der Waals surface area contributed by atoms with Crippen LogP contribution in [0.1, 0.15) is 15.9 Å². The van der Waals surface area contributed by atoms with Gasteiger partial charge < -0.3 is 9.47 Å². The molecule has 0 aromatic heterocycles. The Morgan fingerprint density at radius 1 is 0.939 bits per heavy atom. The van der Waals surface area contributed by atoms with Gasteiger partial charge in [0.15, 0.2) is 11.5 Å². The first kappa shape index (κ1) is 21.5. The number of rotatable bonds is 7. The van der Waals surface area contributed by atoms with Crippen LogP contribution in [0, 0.1) is 10.1 Å². The first-order valence-electron chi connectivity index (χ1n) is 9.97. The molecule has 0 saturated heterocycles. The molecule has 4 rings (SSSR count). The van der Waals surface area contributed by atoms with E-state index in [4.69, 9.17) is 9.47 Å². The molecule has 0 aliphatic heterocycles. The second-order valence-corrected chi connectivity index (χ2v) is 6.96. The number of hydrazone groups is 1. The maximum atomic E-state index is 12.6. The lowest BCUT2D eigenvalue weighted by molar-refractivity contribution is -0.385. The van der Waals surface area contributed by atoms with E-state index in [0.717, 1.165) is 10.8 Å². The molecule has 0 spiro atoms. The summed E-state index contributed by atoms with van der Waals surface area (Å²) in [5, 5.41) is 17.1. The molecule has 0 aliphatic rings. The van der Waals surface area contributed by atoms with Crippen LogP contribution in [-0.2, 0) is 0 Å². The van der Waals surface area contributed by atoms with Crippen LogP contribution in [0.5, 0.6) is 17.2 Å². The lowest BCUT2D eigenvalue weighted by Gasteiger charge is -2.11. The number of nitro groups is 1. The van der Waals surface area contributed by atoms with Crippen molar-refractivity contribution in [3.05, 3.63) is 106 Å². The third-order valence-corrected chi connectivity index (χ3v) is 4.88. The van der Waals surface area contributed by atoms with Gasteiger partial charge in [-0.15, -0.1) is 0 Å². The monoisotopic (exact) mass is 441 g/mol. The van der Waals surface area contributed by atoms with Crippen molar-refractivity contribution in [2.24, 2.45) is 5.10 Å². The molecule has 0 bridgehead atoms. The molecule has 1 N–H and O–H groups in total. The number of hydrogen-bond donors (Lipinski definition) is 1. The first-order chi connectivity index (χ1) is 16.1. The second kappa shape index (κ2) is 9.61. The normalized spacial score (nSPS) is 10.8. The summed E-state index contributed by atoms with van der Waals surface area (Å²) in [7, 11) is 1.46. The lowest BCUT2D eigenvalue weighted by Crippen LogP contribution is -2.17. The summed E-state index contributed by atoms with van der Waals surface area (Å²) in [6.07, 6.45) is 1.47. The van der Waals surface area contributed by atoms with E-state index in [2.05, 4.69) is 10.5 Å². The van der Waals surface area contributed by atoms with Crippen LogP contribution in [0.15, 0.2) is 90.0 Å². The molecule has 0 radical (unpaired) electrons. The van der Waals surface area contributed by atoms with E-state index in [9.17, 15) is 14.9 Å². The number of nitro benzene ring substituents is 1. The fourth-order valence-corrected chi connectivity index (χ4v) is 3.31. The number of amides is 1. The maximum Gasteiger partial charge on any atom is 0.311 e. The minimum Gasteiger partial charge on any atom is -0.493 e. The van der Waals surface area contributed by atoms with Crippen LogP contribution in [-0.4, -0.2) is 24.2 Å². The summed E-state index contributed by atoms with van der Waals surface area (Å²) < 4.78 is 11.1. The van der Waals surface area contributed by atoms with Crippen molar-refractivity contribution >= 4 is 28.6 Å². The summed E-state index contributed by atoms with van der Waals surface area (Å²) in [5.74, 6) is 0.442. The van der Waals surface area contributed by atoms with Crippen molar-refractivity contribution in [3.63, 3.8) is 0 Å². The van der Waals surface area contributed by atoms with E-state index >= 15 is 0 Å². The molecule has 0 heterocycles. The van der Waals surface area contributed by atoms with E-state index < -0.39 is 4.92 Å². The number of fused-ring (bicyclic) bond motifs is 1. The summed E-state index contributed by atoms with van der Waals surface area (Å²) in [6, 6.07) is 24.2. The van der Waals surface area contributed by atoms with Crippen molar-refractivity contribution in [2.75, 3.05) is 7.11 Å². The molecular formula is C25H19N3O5. The fraction of sp³-hybridized carbons (Fsp3) is 0.0400. The fourth-order valence-electron chi connectivity index (χ4n) is 3.31. The van der Waals surface area contributed by atoms with Gasteiger partial charge in [-0.1, -0.05) is 48.5 Å². The zero-order valence-corrected chi connectivity index (χ0v) is 17.6. The average molecular weight is 441 g/mol. The number of hydrogen-bond acceptors (Lipinski definition) is 6. The standard InChI is InChI=1S/C25H19N3O5/c1-32-24-15-17(13-14-23(24)33-22-12-5-4-11-21(22)28(30)31)16-26-27-25(29)20-10-6-8-18-7-2-3-9-19(18)20/h2-16H,1H3,(H,27,29)/b26-16-. The predicted octanol–water partition coefficient (Wildman–Crippen LogP) is 5.31. The molecule has 33 heavy (non-hydrogen) atoms. The van der Waals surface area contributed by atoms with Gasteiger partial charge in [-0.25, -0.2) is 5.43 Å². The van der Waals surface area contributed by atoms with Crippen LogP contribution in [0.4, 0.5) is 5.69 Å². The number of para-hydroxylation sites is 2. The molecule has 0 unspecified atom stereocenters. The zero-order chi connectivity index (χ0) is 23.2. The van der Waals surface area contributed by atoms with Crippen LogP contribution in [0.2, 0.25) is 0 Å². The Morgan fingerprint density at radius 2 is 1.70 bits per heavy atom. The highest BCUT2D eigenvalue weighted by atomic mass is 16.6. The number of carbonyl (C=O) groups is 1. The SMILES string of the molecule is COc1cc(/C=N\NC(=O)c2cccc3ccccc23)ccc1Oc1ccccc1[N+](=O)[O-]. The van der Waals surface area contributed by atoms with Gasteiger partial charge in [0.25, 0.3) is 5.91 Å². The summed E-state index contributed by atoms with van der Waals surface area (Å²) >= 11 is 0. The van der Waals surface area contributed by atoms with Crippen molar-refractivity contribution in [2.45, 2.75) is 0 Å². The highest BCUT2D eigenvalue weighted by Gasteiger charge is 2.16. The Hall–Kier alpha value is -4.72. The van der Waals surface area contributed by atoms with Gasteiger partial charge in [-0.05, 0) is 46.7 Å². The zero-order valence-electron chi connectivity index (χ0n) is 17.6. The molecule has 8 heteroatoms. The molecule has 0 saturated carbocycles. The van der Waals surface area contributed by atoms with Gasteiger partial charge >= 0.3 is 5.69 Å². The molecule has 4 aromatic carbocycles. The number of nitrogens with zero attached hydrogens (tertiary/aromatic N) is 2. The number of methoxy groups -OCH3 is 1. The van der Waals surface area contributed by atoms with Crippen LogP contribution >= 0.6 is 0 Å². The number of ether oxygens (including phenoxy) is 2. The van der Waals surface area contributed by atoms with E-state index in [-0.39, 0.29) is 17.3 Å². The Labute approximate surface area is 189 Å². The average Bonchev–Trinajstić information content (AvgIpc) is 2.84. The Balaban J connectivity index is 1.50. The number of nitrogens with one attached hydrogen (secondary N) is 1. The number of carbonyl (C=O) groups excluding carboxylic acids is 1. The van der Waals surface area contributed by atoms with Gasteiger partial charge in [0.1, 0.15) is 0 Å². The highest BCUT2D eigenvalue weighted by Crippen LogP contribution is 2.36. The molecule has 1 amide bonds. The largest absolute Gasteiger partial charge is 0.493 e. The van der Waals surface area contributed by atoms with Gasteiger partial charge in [-0.3, -0.25) is 14.9 Å². The van der Waals surface area contributed by atoms with Crippen molar-refractivity contribution in [1.82, 2.24) is 5.43 Å². The third-order valence-electron chi connectivity index (χ3n) is 4.88. The van der Waals surface area contributed by atoms with Crippen LogP contribution in [0.3, 0.4) is 0 Å². The topological polar surface area (TPSA) is 103 Å². The Kier molecular flexibility index (Phi) is 6.26. The smallest absolute Gasteiger partial charge is 0.311 e. The quantitative estimate of drug-likeness (QED) is 0.238. The highest BCUT2D eigenvalue weighted by molar-refractivity contribution is 6.07. The van der Waals surface area contributed by atoms with E-state index in [0.29, 0.717) is 22.6 Å². The molecule has 164 valence electrons. The Bertz CT molecular complexity index is 1360. The van der Waals surface area contributed by atoms with E-state index in [1.807, 2.05) is 36.4 Å². The molecular weight excluding hydrogens is 422 g/mol. The molecule has 4 aromatic rings. The lowest BCUT2D eigenvalue weighted by atomic mass is 10.0. The van der Waals surface area contributed by atoms with Crippen molar-refractivity contribution in [3.8, 4) is 17.2 Å². The van der Waals surface area contributed by atoms with Crippen LogP contribution in [0.25, 0.3) is 10.8 Å². The van der Waals surface area contributed by atoms with Gasteiger partial charge in [0.2, 0.25) is 5.75 Å². The molecule has 0 fully saturated rings. The summed E-state index contributed by atoms with van der Waals surface area (Å²) in [6.45, 7) is 0. The van der Waals surface area contributed by atoms with Gasteiger partial charge in [0, 0.05) is 11.6 Å². The first-order valence-corrected chi connectivity index (χ1v) is 9.97.